The van der Waals surface area contributed by atoms with E-state index in [0.717, 1.165) is 22.7 Å². The average molecular weight is 601 g/mol. The molecule has 2 heterocycles. The largest absolute Gasteiger partial charge is 0.298 e. The normalized spacial score (nSPS) is 12.7. The summed E-state index contributed by atoms with van der Waals surface area (Å²) in [5, 5.41) is 51.1. The molecule has 2 aromatic heterocycles. The minimum atomic E-state index is -1.05. The van der Waals surface area contributed by atoms with E-state index in [2.05, 4.69) is 34.4 Å². The predicted octanol–water partition coefficient (Wildman–Crippen LogP) is 0.191. The highest BCUT2D eigenvalue weighted by molar-refractivity contribution is 7.78. The summed E-state index contributed by atoms with van der Waals surface area (Å²) in [6.07, 6.45) is 2.57. The minimum absolute atomic E-state index is 0.131. The number of thiophene rings is 2. The molecule has 0 saturated carbocycles. The fraction of sp³-hybridized carbons (Fsp3) is 0. The summed E-state index contributed by atoms with van der Waals surface area (Å²) in [5.74, 6) is -2.10. The summed E-state index contributed by atoms with van der Waals surface area (Å²) in [5.41, 5.74) is -0.850. The lowest BCUT2D eigenvalue weighted by Crippen LogP contribution is -2.38. The molecule has 2 N–H and O–H groups in total. The van der Waals surface area contributed by atoms with E-state index in [9.17, 15) is 0 Å². The Morgan fingerprint density at radius 1 is 0.700 bits per heavy atom. The van der Waals surface area contributed by atoms with E-state index in [1.165, 1.54) is 36.4 Å². The van der Waals surface area contributed by atoms with Crippen LogP contribution in [0.2, 0.25) is 0 Å². The highest BCUT2D eigenvalue weighted by atomic mass is 32.1. The third kappa shape index (κ3) is 4.77. The number of halogens is 2. The maximum absolute atomic E-state index is 16.0. The first-order valence-electron chi connectivity index (χ1n) is 10.7. The maximum Gasteiger partial charge on any atom is 0.146 e. The monoisotopic (exact) mass is 600 g/mol. The van der Waals surface area contributed by atoms with Crippen LogP contribution >= 0.6 is 48.3 Å². The third-order valence-corrected chi connectivity index (χ3v) is 8.11. The zero-order valence-corrected chi connectivity index (χ0v) is 23.0. The molecule has 0 saturated heterocycles. The van der Waals surface area contributed by atoms with E-state index in [0.29, 0.717) is 18.1 Å². The van der Waals surface area contributed by atoms with Gasteiger partial charge in [0.2, 0.25) is 0 Å². The third-order valence-electron chi connectivity index (χ3n) is 5.61. The maximum atomic E-state index is 16.0. The summed E-state index contributed by atoms with van der Waals surface area (Å²) < 4.78 is 41.0. The van der Waals surface area contributed by atoms with Crippen molar-refractivity contribution in [3.63, 3.8) is 0 Å². The van der Waals surface area contributed by atoms with Crippen molar-refractivity contribution in [2.75, 3.05) is 0 Å². The van der Waals surface area contributed by atoms with Gasteiger partial charge in [-0.2, -0.15) is 21.0 Å². The van der Waals surface area contributed by atoms with Crippen molar-refractivity contribution in [2.45, 2.75) is 0 Å². The van der Waals surface area contributed by atoms with Gasteiger partial charge < -0.3 is 0 Å². The van der Waals surface area contributed by atoms with Gasteiger partial charge >= 0.3 is 0 Å². The fourth-order valence-corrected chi connectivity index (χ4v) is 6.01. The number of hydrogen-bond acceptors (Lipinski definition) is 12. The summed E-state index contributed by atoms with van der Waals surface area (Å²) in [7, 11) is 0. The molecule has 2 aliphatic carbocycles. The van der Waals surface area contributed by atoms with Gasteiger partial charge in [-0.3, -0.25) is 10.8 Å². The van der Waals surface area contributed by atoms with Crippen LogP contribution in [0.4, 0.5) is 8.78 Å². The molecule has 14 heteroatoms. The number of nitriles is 4. The van der Waals surface area contributed by atoms with Gasteiger partial charge in [0, 0.05) is 20.2 Å². The molecule has 0 spiro atoms. The molecule has 0 bridgehead atoms. The van der Waals surface area contributed by atoms with Gasteiger partial charge in [-0.25, -0.2) is 17.6 Å². The van der Waals surface area contributed by atoms with Crippen molar-refractivity contribution in [2.24, 2.45) is 8.80 Å². The first-order valence-corrected chi connectivity index (χ1v) is 13.1. The molecule has 4 rings (SSSR count). The second kappa shape index (κ2) is 11.6. The Bertz CT molecular complexity index is 2270. The van der Waals surface area contributed by atoms with Crippen molar-refractivity contribution < 1.29 is 8.78 Å². The molecule has 2 aliphatic rings. The van der Waals surface area contributed by atoms with E-state index < -0.39 is 32.8 Å². The van der Waals surface area contributed by atoms with Crippen LogP contribution in [0.5, 0.6) is 0 Å². The van der Waals surface area contributed by atoms with Crippen LogP contribution in [-0.4, -0.2) is 0 Å². The van der Waals surface area contributed by atoms with Crippen LogP contribution in [-0.2, 0) is 0 Å². The fourth-order valence-electron chi connectivity index (χ4n) is 3.81. The lowest BCUT2D eigenvalue weighted by Gasteiger charge is -2.06. The van der Waals surface area contributed by atoms with Crippen LogP contribution in [0.15, 0.2) is 33.1 Å². The van der Waals surface area contributed by atoms with E-state index in [1.807, 2.05) is 0 Å². The van der Waals surface area contributed by atoms with Gasteiger partial charge in [0.25, 0.3) is 0 Å². The molecule has 2 aromatic rings. The highest BCUT2D eigenvalue weighted by Crippen LogP contribution is 2.10. The van der Waals surface area contributed by atoms with Gasteiger partial charge in [0.15, 0.2) is 0 Å². The second-order valence-corrected chi connectivity index (χ2v) is 10.4. The second-order valence-electron chi connectivity index (χ2n) is 7.74. The molecule has 8 nitrogen and oxygen atoms in total. The Balaban J connectivity index is 2.20. The SMILES string of the molecule is N#CC(C#N)=c1cc/c(=C\c2c(F)c3c(=N/S)/c(=N)c(/C=c4\ccc(=C(C#N)C#N)s4)c(F)c=3/c(=N/S)c2=N)s1. The van der Waals surface area contributed by atoms with Gasteiger partial charge in [-0.15, -0.1) is 22.7 Å². The van der Waals surface area contributed by atoms with Crippen molar-refractivity contribution in [1.82, 2.24) is 0 Å². The molecular weight excluding hydrogens is 591 g/mol. The van der Waals surface area contributed by atoms with Gasteiger partial charge in [-0.05, 0) is 62.0 Å². The number of thiol groups is 2. The van der Waals surface area contributed by atoms with E-state index in [1.54, 1.807) is 24.3 Å². The molecule has 0 unspecified atom stereocenters. The molecule has 0 atom stereocenters. The molecule has 0 aromatic carbocycles. The predicted molar refractivity (Wildman–Crippen MR) is 148 cm³/mol. The van der Waals surface area contributed by atoms with Crippen molar-refractivity contribution in [3.8, 4) is 24.3 Å². The summed E-state index contributed by atoms with van der Waals surface area (Å²) >= 11 is 9.83. The molecule has 0 amide bonds. The Morgan fingerprint density at radius 2 is 1.05 bits per heavy atom. The van der Waals surface area contributed by atoms with Crippen LogP contribution < -0.4 is 39.6 Å². The minimum Gasteiger partial charge on any atom is -0.298 e. The molecule has 192 valence electrons. The topological polar surface area (TPSA) is 168 Å². The van der Waals surface area contributed by atoms with Crippen LogP contribution in [0.1, 0.15) is 11.1 Å². The zero-order chi connectivity index (χ0) is 29.1. The Hall–Kier alpha value is -4.70. The Morgan fingerprint density at radius 3 is 1.35 bits per heavy atom. The number of nitrogens with zero attached hydrogens (tertiary/aromatic N) is 6. The summed E-state index contributed by atoms with van der Waals surface area (Å²) in [6, 6.07) is 13.2. The van der Waals surface area contributed by atoms with Crippen LogP contribution in [0.25, 0.3) is 23.3 Å². The lowest BCUT2D eigenvalue weighted by molar-refractivity contribution is 0.585. The number of rotatable bonds is 2. The van der Waals surface area contributed by atoms with Crippen molar-refractivity contribution in [1.29, 1.82) is 31.9 Å². The summed E-state index contributed by atoms with van der Waals surface area (Å²) in [4.78, 5) is 0. The number of nitrogens with one attached hydrogen (secondary N) is 2. The standard InChI is InChI=1S/C26H10F2N8S4/c27-21-15(5-13-1-3-17(39-13)11(7-29)8-30)23(33)25(35-37)20-19(21)26(36-38)24(34)16(22(20)28)6-14-2-4-18(40-14)12(9-31)10-32/h1-6,33-34,37-38H/b13-5+,14-6+,33-23?,34-24?,35-25-,36-26-. The Labute approximate surface area is 241 Å². The van der Waals surface area contributed by atoms with Gasteiger partial charge in [0.05, 0.1) is 30.2 Å². The summed E-state index contributed by atoms with van der Waals surface area (Å²) in [6.45, 7) is 0. The van der Waals surface area contributed by atoms with Gasteiger partial charge in [0.1, 0.15) is 57.8 Å². The quantitative estimate of drug-likeness (QED) is 0.241. The van der Waals surface area contributed by atoms with E-state index >= 15 is 8.78 Å². The molecule has 0 radical (unpaired) electrons. The highest BCUT2D eigenvalue weighted by Gasteiger charge is 2.18. The Kier molecular flexibility index (Phi) is 8.20. The zero-order valence-electron chi connectivity index (χ0n) is 19.6. The number of hydrogen-bond donors (Lipinski definition) is 4. The van der Waals surface area contributed by atoms with E-state index in [-0.39, 0.29) is 33.0 Å². The first kappa shape index (κ1) is 28.3. The van der Waals surface area contributed by atoms with Crippen molar-refractivity contribution in [3.05, 3.63) is 97.0 Å². The smallest absolute Gasteiger partial charge is 0.146 e. The molecule has 0 fully saturated rings. The van der Waals surface area contributed by atoms with Crippen LogP contribution in [0, 0.1) is 78.2 Å². The molecule has 40 heavy (non-hydrogen) atoms. The van der Waals surface area contributed by atoms with Crippen molar-refractivity contribution >= 4 is 71.6 Å². The molecule has 0 aliphatic heterocycles. The molecular formula is C26H10F2N8S4. The van der Waals surface area contributed by atoms with E-state index in [4.69, 9.17) is 31.9 Å². The van der Waals surface area contributed by atoms with Crippen LogP contribution in [0.3, 0.4) is 0 Å². The average Bonchev–Trinajstić information content (AvgIpc) is 3.61. The van der Waals surface area contributed by atoms with Gasteiger partial charge in [-0.1, -0.05) is 0 Å². The lowest BCUT2D eigenvalue weighted by atomic mass is 10.0. The first-order chi connectivity index (χ1) is 19.2.